The smallest absolute Gasteiger partial charge is 0.186 e. The first-order chi connectivity index (χ1) is 11.7. The maximum Gasteiger partial charge on any atom is 0.186 e. The monoisotopic (exact) mass is 417 g/mol. The minimum Gasteiger partial charge on any atom is -0.357 e. The van der Waals surface area contributed by atoms with Crippen molar-refractivity contribution in [2.75, 3.05) is 11.4 Å². The summed E-state index contributed by atoms with van der Waals surface area (Å²) in [5.41, 5.74) is 4.96. The normalized spacial score (nSPS) is 14.5. The number of H-pyrrole nitrogens is 1. The van der Waals surface area contributed by atoms with Crippen molar-refractivity contribution >= 4 is 65.1 Å². The Labute approximate surface area is 156 Å². The van der Waals surface area contributed by atoms with Gasteiger partial charge in [0.1, 0.15) is 0 Å². The Kier molecular flexibility index (Phi) is 3.37. The minimum atomic E-state index is 0.764. The topological polar surface area (TPSA) is 31.9 Å². The molecule has 0 amide bonds. The van der Waals surface area contributed by atoms with Crippen LogP contribution in [0.2, 0.25) is 5.02 Å². The molecule has 0 spiro atoms. The second kappa shape index (κ2) is 5.48. The van der Waals surface area contributed by atoms with Gasteiger partial charge in [0.25, 0.3) is 0 Å². The molecule has 0 saturated heterocycles. The molecule has 3 nitrogen and oxygen atoms in total. The van der Waals surface area contributed by atoms with Crippen LogP contribution >= 0.6 is 38.9 Å². The first-order valence-electron chi connectivity index (χ1n) is 7.77. The molecular weight excluding hydrogens is 406 g/mol. The molecule has 2 aromatic heterocycles. The third kappa shape index (κ3) is 2.34. The second-order valence-corrected chi connectivity index (χ2v) is 8.41. The number of benzene rings is 2. The van der Waals surface area contributed by atoms with Gasteiger partial charge in [-0.25, -0.2) is 4.98 Å². The first-order valence-corrected chi connectivity index (χ1v) is 9.76. The van der Waals surface area contributed by atoms with Gasteiger partial charge in [-0.3, -0.25) is 0 Å². The van der Waals surface area contributed by atoms with E-state index in [2.05, 4.69) is 44.0 Å². The maximum absolute atomic E-state index is 6.10. The van der Waals surface area contributed by atoms with E-state index in [0.29, 0.717) is 0 Å². The molecule has 24 heavy (non-hydrogen) atoms. The molecule has 120 valence electrons. The molecule has 2 aromatic carbocycles. The molecule has 0 atom stereocenters. The van der Waals surface area contributed by atoms with E-state index < -0.39 is 0 Å². The highest BCUT2D eigenvalue weighted by molar-refractivity contribution is 9.10. The number of anilines is 1. The van der Waals surface area contributed by atoms with Gasteiger partial charge < -0.3 is 9.88 Å². The summed E-state index contributed by atoms with van der Waals surface area (Å²) >= 11 is 11.4. The van der Waals surface area contributed by atoms with Crippen LogP contribution in [0.25, 0.3) is 21.1 Å². The van der Waals surface area contributed by atoms with Gasteiger partial charge in [0.05, 0.1) is 16.8 Å². The Balaban J connectivity index is 1.54. The minimum absolute atomic E-state index is 0.764. The molecule has 0 bridgehead atoms. The van der Waals surface area contributed by atoms with E-state index in [9.17, 15) is 0 Å². The largest absolute Gasteiger partial charge is 0.357 e. The summed E-state index contributed by atoms with van der Waals surface area (Å²) < 4.78 is 2.27. The molecule has 6 heteroatoms. The lowest BCUT2D eigenvalue weighted by Gasteiger charge is -2.26. The predicted molar refractivity (Wildman–Crippen MR) is 105 cm³/mol. The summed E-state index contributed by atoms with van der Waals surface area (Å²) in [5, 5.41) is 3.16. The molecule has 1 N–H and O–H groups in total. The van der Waals surface area contributed by atoms with Crippen LogP contribution in [0.1, 0.15) is 11.3 Å². The SMILES string of the molecule is Clc1ccc2nc(N3CCc4c([nH]c5ccc(Br)cc45)C3)sc2c1. The molecule has 0 fully saturated rings. The van der Waals surface area contributed by atoms with Crippen molar-refractivity contribution in [3.63, 3.8) is 0 Å². The molecule has 3 heterocycles. The van der Waals surface area contributed by atoms with Gasteiger partial charge in [-0.1, -0.05) is 38.9 Å². The molecule has 1 aliphatic rings. The highest BCUT2D eigenvalue weighted by Gasteiger charge is 2.23. The van der Waals surface area contributed by atoms with Gasteiger partial charge in [0.15, 0.2) is 5.13 Å². The zero-order chi connectivity index (χ0) is 16.3. The van der Waals surface area contributed by atoms with Crippen LogP contribution < -0.4 is 4.90 Å². The third-order valence-electron chi connectivity index (χ3n) is 4.55. The van der Waals surface area contributed by atoms with Gasteiger partial charge in [-0.15, -0.1) is 0 Å². The average molecular weight is 419 g/mol. The van der Waals surface area contributed by atoms with Crippen molar-refractivity contribution in [3.8, 4) is 0 Å². The van der Waals surface area contributed by atoms with E-state index >= 15 is 0 Å². The maximum atomic E-state index is 6.10. The lowest BCUT2D eigenvalue weighted by molar-refractivity contribution is 0.722. The zero-order valence-corrected chi connectivity index (χ0v) is 15.8. The number of hydrogen-bond acceptors (Lipinski definition) is 3. The second-order valence-electron chi connectivity index (χ2n) is 6.05. The fraction of sp³-hybridized carbons (Fsp3) is 0.167. The van der Waals surface area contributed by atoms with Gasteiger partial charge >= 0.3 is 0 Å². The van der Waals surface area contributed by atoms with Crippen LogP contribution in [-0.4, -0.2) is 16.5 Å². The van der Waals surface area contributed by atoms with Crippen LogP contribution in [-0.2, 0) is 13.0 Å². The van der Waals surface area contributed by atoms with E-state index in [1.165, 1.54) is 22.2 Å². The predicted octanol–water partition coefficient (Wildman–Crippen LogP) is 5.76. The van der Waals surface area contributed by atoms with Crippen molar-refractivity contribution in [1.29, 1.82) is 0 Å². The van der Waals surface area contributed by atoms with Gasteiger partial charge in [-0.2, -0.15) is 0 Å². The third-order valence-corrected chi connectivity index (χ3v) is 6.35. The van der Waals surface area contributed by atoms with E-state index in [0.717, 1.165) is 44.4 Å². The van der Waals surface area contributed by atoms with Crippen LogP contribution in [0.15, 0.2) is 40.9 Å². The van der Waals surface area contributed by atoms with Crippen molar-refractivity contribution in [1.82, 2.24) is 9.97 Å². The summed E-state index contributed by atoms with van der Waals surface area (Å²) in [6.45, 7) is 1.86. The van der Waals surface area contributed by atoms with Gasteiger partial charge in [0, 0.05) is 32.6 Å². The number of thiazole rings is 1. The molecule has 4 aromatic rings. The van der Waals surface area contributed by atoms with Crippen LogP contribution in [0.3, 0.4) is 0 Å². The highest BCUT2D eigenvalue weighted by Crippen LogP contribution is 2.35. The number of aromatic amines is 1. The lowest BCUT2D eigenvalue weighted by atomic mass is 10.0. The molecule has 0 radical (unpaired) electrons. The average Bonchev–Trinajstić information content (AvgIpc) is 3.14. The number of nitrogens with one attached hydrogen (secondary N) is 1. The number of nitrogens with zero attached hydrogens (tertiary/aromatic N) is 2. The van der Waals surface area contributed by atoms with Gasteiger partial charge in [0.2, 0.25) is 0 Å². The Morgan fingerprint density at radius 2 is 2.12 bits per heavy atom. The molecule has 1 aliphatic heterocycles. The molecule has 0 aliphatic carbocycles. The highest BCUT2D eigenvalue weighted by atomic mass is 79.9. The first kappa shape index (κ1) is 14.8. The van der Waals surface area contributed by atoms with Crippen molar-refractivity contribution in [2.24, 2.45) is 0 Å². The van der Waals surface area contributed by atoms with Crippen LogP contribution in [0, 0.1) is 0 Å². The standard InChI is InChI=1S/C18H13BrClN3S/c19-10-1-3-14-13(7-10)12-5-6-23(9-16(12)21-14)18-22-15-4-2-11(20)8-17(15)24-18/h1-4,7-8,21H,5-6,9H2. The number of halogens is 2. The van der Waals surface area contributed by atoms with E-state index in [1.54, 1.807) is 11.3 Å². The number of fused-ring (bicyclic) bond motifs is 4. The number of aromatic nitrogens is 2. The fourth-order valence-corrected chi connectivity index (χ4v) is 5.03. The quantitative estimate of drug-likeness (QED) is 0.426. The summed E-state index contributed by atoms with van der Waals surface area (Å²) in [7, 11) is 0. The molecule has 0 unspecified atom stereocenters. The van der Waals surface area contributed by atoms with Crippen LogP contribution in [0.4, 0.5) is 5.13 Å². The Morgan fingerprint density at radius 3 is 3.04 bits per heavy atom. The fourth-order valence-electron chi connectivity index (χ4n) is 3.40. The van der Waals surface area contributed by atoms with Crippen molar-refractivity contribution < 1.29 is 0 Å². The molecule has 5 rings (SSSR count). The molecule has 0 saturated carbocycles. The number of rotatable bonds is 1. The summed E-state index contributed by atoms with van der Waals surface area (Å²) in [6.07, 6.45) is 1.03. The van der Waals surface area contributed by atoms with Crippen LogP contribution in [0.5, 0.6) is 0 Å². The van der Waals surface area contributed by atoms with E-state index in [1.807, 2.05) is 18.2 Å². The van der Waals surface area contributed by atoms with Crippen molar-refractivity contribution in [3.05, 3.63) is 57.2 Å². The van der Waals surface area contributed by atoms with Gasteiger partial charge in [-0.05, 0) is 48.4 Å². The van der Waals surface area contributed by atoms with E-state index in [-0.39, 0.29) is 0 Å². The molecular formula is C18H13BrClN3S. The Bertz CT molecular complexity index is 1080. The Morgan fingerprint density at radius 1 is 1.21 bits per heavy atom. The zero-order valence-electron chi connectivity index (χ0n) is 12.6. The number of hydrogen-bond donors (Lipinski definition) is 1. The van der Waals surface area contributed by atoms with Crippen molar-refractivity contribution in [2.45, 2.75) is 13.0 Å². The summed E-state index contributed by atoms with van der Waals surface area (Å²) in [5.74, 6) is 0. The summed E-state index contributed by atoms with van der Waals surface area (Å²) in [6, 6.07) is 12.3. The summed E-state index contributed by atoms with van der Waals surface area (Å²) in [4.78, 5) is 10.7. The lowest BCUT2D eigenvalue weighted by Crippen LogP contribution is -2.29. The van der Waals surface area contributed by atoms with E-state index in [4.69, 9.17) is 16.6 Å². The Hall–Kier alpha value is -1.56.